The molecule has 0 amide bonds. The van der Waals surface area contributed by atoms with Crippen LogP contribution in [0.4, 0.5) is 0 Å². The van der Waals surface area contributed by atoms with Crippen LogP contribution in [-0.4, -0.2) is 33.3 Å². The highest BCUT2D eigenvalue weighted by Crippen LogP contribution is 2.47. The minimum Gasteiger partial charge on any atom is -0.493 e. The molecule has 5 nitrogen and oxygen atoms in total. The van der Waals surface area contributed by atoms with Crippen LogP contribution < -0.4 is 20.1 Å². The molecule has 2 N–H and O–H groups in total. The number of hydrogen-bond donors (Lipinski definition) is 2. The molecule has 1 fully saturated rings. The maximum Gasteiger partial charge on any atom is 0.191 e. The van der Waals surface area contributed by atoms with Crippen molar-refractivity contribution in [3.8, 4) is 23.8 Å². The predicted octanol–water partition coefficient (Wildman–Crippen LogP) is 3.72. The summed E-state index contributed by atoms with van der Waals surface area (Å²) in [6.07, 6.45) is 7.69. The third-order valence-corrected chi connectivity index (χ3v) is 5.06. The number of hydrogen-bond acceptors (Lipinski definition) is 3. The molecule has 0 spiro atoms. The predicted molar refractivity (Wildman–Crippen MR) is 128 cm³/mol. The van der Waals surface area contributed by atoms with Crippen LogP contribution in [-0.2, 0) is 12.0 Å². The lowest BCUT2D eigenvalue weighted by molar-refractivity contribution is 0.330. The van der Waals surface area contributed by atoms with Crippen molar-refractivity contribution in [2.45, 2.75) is 24.8 Å². The van der Waals surface area contributed by atoms with E-state index in [4.69, 9.17) is 15.9 Å². The van der Waals surface area contributed by atoms with E-state index in [-0.39, 0.29) is 36.0 Å². The first-order chi connectivity index (χ1) is 13.7. The summed E-state index contributed by atoms with van der Waals surface area (Å²) in [6, 6.07) is 16.5. The molecule has 0 aliphatic heterocycles. The van der Waals surface area contributed by atoms with E-state index in [1.165, 1.54) is 18.4 Å². The maximum atomic E-state index is 5.57. The third-order valence-electron chi connectivity index (χ3n) is 5.06. The smallest absolute Gasteiger partial charge is 0.191 e. The topological polar surface area (TPSA) is 54.9 Å². The second kappa shape index (κ2) is 11.0. The van der Waals surface area contributed by atoms with E-state index in [1.54, 1.807) is 14.2 Å². The molecule has 0 atom stereocenters. The van der Waals surface area contributed by atoms with E-state index in [1.807, 2.05) is 18.2 Å². The highest BCUT2D eigenvalue weighted by molar-refractivity contribution is 14.0. The van der Waals surface area contributed by atoms with Gasteiger partial charge in [-0.25, -0.2) is 0 Å². The first-order valence-electron chi connectivity index (χ1n) is 9.44. The van der Waals surface area contributed by atoms with Gasteiger partial charge in [0.2, 0.25) is 0 Å². The average Bonchev–Trinajstić information content (AvgIpc) is 3.54. The van der Waals surface area contributed by atoms with Gasteiger partial charge in [-0.1, -0.05) is 42.3 Å². The van der Waals surface area contributed by atoms with Crippen molar-refractivity contribution in [2.24, 2.45) is 4.99 Å². The summed E-state index contributed by atoms with van der Waals surface area (Å²) in [5.74, 6) is 4.56. The van der Waals surface area contributed by atoms with Gasteiger partial charge < -0.3 is 20.1 Å². The second-order valence-electron chi connectivity index (χ2n) is 6.90. The fraction of sp³-hybridized carbons (Fsp3) is 0.348. The Balaban J connectivity index is 0.00000300. The van der Waals surface area contributed by atoms with Crippen LogP contribution in [0.2, 0.25) is 0 Å². The van der Waals surface area contributed by atoms with Gasteiger partial charge in [0.15, 0.2) is 17.5 Å². The minimum absolute atomic E-state index is 0. The third kappa shape index (κ3) is 6.04. The van der Waals surface area contributed by atoms with Crippen LogP contribution in [0, 0.1) is 12.3 Å². The lowest BCUT2D eigenvalue weighted by atomic mass is 9.96. The molecule has 0 unspecified atom stereocenters. The minimum atomic E-state index is 0. The largest absolute Gasteiger partial charge is 0.493 e. The van der Waals surface area contributed by atoms with Crippen LogP contribution in [0.3, 0.4) is 0 Å². The summed E-state index contributed by atoms with van der Waals surface area (Å²) in [4.78, 5) is 4.35. The Bertz CT molecular complexity index is 858. The van der Waals surface area contributed by atoms with E-state index < -0.39 is 0 Å². The molecule has 1 saturated carbocycles. The van der Waals surface area contributed by atoms with Crippen LogP contribution in [0.25, 0.3) is 0 Å². The van der Waals surface area contributed by atoms with E-state index in [0.29, 0.717) is 18.0 Å². The number of aliphatic imine (C=N–C) groups is 1. The van der Waals surface area contributed by atoms with E-state index in [2.05, 4.69) is 51.9 Å². The molecule has 6 heteroatoms. The van der Waals surface area contributed by atoms with Crippen molar-refractivity contribution in [1.29, 1.82) is 0 Å². The second-order valence-corrected chi connectivity index (χ2v) is 6.90. The summed E-state index contributed by atoms with van der Waals surface area (Å²) in [6.45, 7) is 1.70. The molecular formula is C23H28IN3O2. The zero-order chi connectivity index (χ0) is 19.8. The Morgan fingerprint density at radius 2 is 1.90 bits per heavy atom. The van der Waals surface area contributed by atoms with Crippen LogP contribution in [0.5, 0.6) is 11.5 Å². The van der Waals surface area contributed by atoms with Crippen molar-refractivity contribution in [1.82, 2.24) is 10.6 Å². The first-order valence-corrected chi connectivity index (χ1v) is 9.44. The highest BCUT2D eigenvalue weighted by Gasteiger charge is 2.43. The van der Waals surface area contributed by atoms with Crippen LogP contribution >= 0.6 is 24.0 Å². The summed E-state index contributed by atoms with van der Waals surface area (Å²) in [5, 5.41) is 6.83. The number of terminal acetylenes is 1. The van der Waals surface area contributed by atoms with Gasteiger partial charge in [0.25, 0.3) is 0 Å². The van der Waals surface area contributed by atoms with E-state index in [9.17, 15) is 0 Å². The molecule has 1 aliphatic rings. The Labute approximate surface area is 190 Å². The van der Waals surface area contributed by atoms with Crippen molar-refractivity contribution in [2.75, 3.05) is 27.3 Å². The van der Waals surface area contributed by atoms with Crippen molar-refractivity contribution in [3.05, 3.63) is 59.7 Å². The lowest BCUT2D eigenvalue weighted by Gasteiger charge is -2.19. The Morgan fingerprint density at radius 1 is 1.14 bits per heavy atom. The molecule has 2 aromatic carbocycles. The molecule has 1 aliphatic carbocycles. The van der Waals surface area contributed by atoms with Gasteiger partial charge in [-0.2, -0.15) is 0 Å². The zero-order valence-electron chi connectivity index (χ0n) is 16.9. The molecule has 29 heavy (non-hydrogen) atoms. The van der Waals surface area contributed by atoms with Crippen molar-refractivity contribution >= 4 is 29.9 Å². The quantitative estimate of drug-likeness (QED) is 0.249. The number of nitrogens with one attached hydrogen (secondary N) is 2. The molecule has 0 radical (unpaired) electrons. The number of rotatable bonds is 8. The standard InChI is InChI=1S/C23H27N3O2.HI/c1-4-14-28-21-15-18(10-11-20(21)27-3)16-25-22(24-2)26-17-23(12-13-23)19-8-6-5-7-9-19;/h1,5-11,15H,12-14,16-17H2,2-3H3,(H2,24,25,26);1H. The van der Waals surface area contributed by atoms with Gasteiger partial charge in [0, 0.05) is 25.6 Å². The van der Waals surface area contributed by atoms with Gasteiger partial charge in [-0.15, -0.1) is 30.4 Å². The Morgan fingerprint density at radius 3 is 2.52 bits per heavy atom. The highest BCUT2D eigenvalue weighted by atomic mass is 127. The summed E-state index contributed by atoms with van der Waals surface area (Å²) < 4.78 is 10.9. The zero-order valence-corrected chi connectivity index (χ0v) is 19.2. The maximum absolute atomic E-state index is 5.57. The number of nitrogens with zero attached hydrogens (tertiary/aromatic N) is 1. The van der Waals surface area contributed by atoms with Crippen LogP contribution in [0.1, 0.15) is 24.0 Å². The van der Waals surface area contributed by atoms with Crippen LogP contribution in [0.15, 0.2) is 53.5 Å². The summed E-state index contributed by atoms with van der Waals surface area (Å²) in [5.41, 5.74) is 2.68. The number of halogens is 1. The lowest BCUT2D eigenvalue weighted by Crippen LogP contribution is -2.40. The number of methoxy groups -OCH3 is 1. The molecule has 0 bridgehead atoms. The molecule has 0 aromatic heterocycles. The summed E-state index contributed by atoms with van der Waals surface area (Å²) in [7, 11) is 3.40. The monoisotopic (exact) mass is 505 g/mol. The molecule has 154 valence electrons. The van der Waals surface area contributed by atoms with Gasteiger partial charge in [-0.3, -0.25) is 4.99 Å². The fourth-order valence-electron chi connectivity index (χ4n) is 3.23. The average molecular weight is 505 g/mol. The molecule has 0 heterocycles. The fourth-order valence-corrected chi connectivity index (χ4v) is 3.23. The first kappa shape index (κ1) is 22.9. The number of benzene rings is 2. The normalized spacial score (nSPS) is 14.2. The number of guanidine groups is 1. The van der Waals surface area contributed by atoms with E-state index in [0.717, 1.165) is 18.1 Å². The van der Waals surface area contributed by atoms with Gasteiger partial charge in [-0.05, 0) is 36.1 Å². The van der Waals surface area contributed by atoms with Gasteiger partial charge in [0.05, 0.1) is 7.11 Å². The van der Waals surface area contributed by atoms with Crippen molar-refractivity contribution < 1.29 is 9.47 Å². The summed E-state index contributed by atoms with van der Waals surface area (Å²) >= 11 is 0. The molecular weight excluding hydrogens is 477 g/mol. The number of ether oxygens (including phenoxy) is 2. The van der Waals surface area contributed by atoms with E-state index >= 15 is 0 Å². The Hall–Kier alpha value is -2.40. The Kier molecular flexibility index (Phi) is 8.65. The van der Waals surface area contributed by atoms with Gasteiger partial charge in [0.1, 0.15) is 6.61 Å². The molecule has 0 saturated heterocycles. The van der Waals surface area contributed by atoms with Crippen molar-refractivity contribution in [3.63, 3.8) is 0 Å². The molecule has 3 rings (SSSR count). The van der Waals surface area contributed by atoms with Gasteiger partial charge >= 0.3 is 0 Å². The SMILES string of the molecule is C#CCOc1cc(CNC(=NC)NCC2(c3ccccc3)CC2)ccc1OC.I. The molecule has 2 aromatic rings.